The standard InChI is InChI=1S/C15H14N2O3S/c1-8(2)20-12-5-4-10(6-11(12)7-16)14-17-9(3)13(21-14)15(18)19/h4-6,8H,1-3H3,(H,18,19). The summed E-state index contributed by atoms with van der Waals surface area (Å²) in [5.41, 5.74) is 1.60. The number of aromatic nitrogens is 1. The third kappa shape index (κ3) is 3.20. The van der Waals surface area contributed by atoms with Crippen LogP contribution in [0.15, 0.2) is 18.2 Å². The number of ether oxygens (including phenoxy) is 1. The molecule has 0 radical (unpaired) electrons. The highest BCUT2D eigenvalue weighted by atomic mass is 32.1. The Bertz CT molecular complexity index is 729. The molecule has 21 heavy (non-hydrogen) atoms. The van der Waals surface area contributed by atoms with E-state index < -0.39 is 5.97 Å². The van der Waals surface area contributed by atoms with Gasteiger partial charge >= 0.3 is 5.97 Å². The van der Waals surface area contributed by atoms with Gasteiger partial charge in [0.2, 0.25) is 0 Å². The maximum atomic E-state index is 11.1. The quantitative estimate of drug-likeness (QED) is 0.934. The van der Waals surface area contributed by atoms with E-state index in [0.29, 0.717) is 27.6 Å². The van der Waals surface area contributed by atoms with E-state index in [1.54, 1.807) is 25.1 Å². The van der Waals surface area contributed by atoms with E-state index in [9.17, 15) is 10.1 Å². The molecular formula is C15H14N2O3S. The van der Waals surface area contributed by atoms with E-state index in [1.807, 2.05) is 13.8 Å². The van der Waals surface area contributed by atoms with Crippen molar-refractivity contribution in [2.24, 2.45) is 0 Å². The molecule has 0 saturated carbocycles. The fourth-order valence-corrected chi connectivity index (χ4v) is 2.73. The first-order chi connectivity index (χ1) is 9.92. The Morgan fingerprint density at radius 2 is 2.19 bits per heavy atom. The normalized spacial score (nSPS) is 10.4. The summed E-state index contributed by atoms with van der Waals surface area (Å²) in [6, 6.07) is 7.25. The van der Waals surface area contributed by atoms with Crippen molar-refractivity contribution in [1.82, 2.24) is 4.98 Å². The number of rotatable bonds is 4. The van der Waals surface area contributed by atoms with Gasteiger partial charge < -0.3 is 9.84 Å². The van der Waals surface area contributed by atoms with Gasteiger partial charge in [0.25, 0.3) is 0 Å². The van der Waals surface area contributed by atoms with Gasteiger partial charge in [-0.1, -0.05) is 0 Å². The highest BCUT2D eigenvalue weighted by Gasteiger charge is 2.16. The Morgan fingerprint density at radius 1 is 1.48 bits per heavy atom. The van der Waals surface area contributed by atoms with E-state index in [4.69, 9.17) is 9.84 Å². The Labute approximate surface area is 126 Å². The zero-order chi connectivity index (χ0) is 15.6. The van der Waals surface area contributed by atoms with Gasteiger partial charge in [-0.2, -0.15) is 5.26 Å². The molecule has 0 unspecified atom stereocenters. The summed E-state index contributed by atoms with van der Waals surface area (Å²) in [7, 11) is 0. The van der Waals surface area contributed by atoms with Crippen LogP contribution in [-0.4, -0.2) is 22.2 Å². The minimum Gasteiger partial charge on any atom is -0.490 e. The molecule has 0 saturated heterocycles. The summed E-state index contributed by atoms with van der Waals surface area (Å²) < 4.78 is 5.56. The molecular weight excluding hydrogens is 288 g/mol. The number of thiazole rings is 1. The van der Waals surface area contributed by atoms with Crippen LogP contribution in [0.3, 0.4) is 0 Å². The topological polar surface area (TPSA) is 83.2 Å². The predicted octanol–water partition coefficient (Wildman–Crippen LogP) is 3.48. The SMILES string of the molecule is Cc1nc(-c2ccc(OC(C)C)c(C#N)c2)sc1C(=O)O. The van der Waals surface area contributed by atoms with Crippen LogP contribution in [-0.2, 0) is 0 Å². The van der Waals surface area contributed by atoms with E-state index in [0.717, 1.165) is 11.3 Å². The van der Waals surface area contributed by atoms with E-state index in [1.165, 1.54) is 0 Å². The van der Waals surface area contributed by atoms with Crippen LogP contribution in [0.4, 0.5) is 0 Å². The summed E-state index contributed by atoms with van der Waals surface area (Å²) in [6.07, 6.45) is -0.0244. The molecule has 6 heteroatoms. The van der Waals surface area contributed by atoms with E-state index >= 15 is 0 Å². The molecule has 0 spiro atoms. The molecule has 0 bridgehead atoms. The number of carbonyl (C=O) groups is 1. The molecule has 1 heterocycles. The lowest BCUT2D eigenvalue weighted by Crippen LogP contribution is -2.06. The lowest BCUT2D eigenvalue weighted by atomic mass is 10.1. The largest absolute Gasteiger partial charge is 0.490 e. The smallest absolute Gasteiger partial charge is 0.347 e. The number of hydrogen-bond donors (Lipinski definition) is 1. The van der Waals surface area contributed by atoms with Crippen molar-refractivity contribution in [2.45, 2.75) is 26.9 Å². The lowest BCUT2D eigenvalue weighted by molar-refractivity contribution is 0.0701. The molecule has 2 aromatic rings. The first kappa shape index (κ1) is 15.0. The van der Waals surface area contributed by atoms with Gasteiger partial charge in [-0.15, -0.1) is 11.3 Å². The van der Waals surface area contributed by atoms with Crippen LogP contribution in [0.1, 0.15) is 34.8 Å². The Kier molecular flexibility index (Phi) is 4.24. The molecule has 108 valence electrons. The average molecular weight is 302 g/mol. The maximum absolute atomic E-state index is 11.1. The highest BCUT2D eigenvalue weighted by Crippen LogP contribution is 2.31. The summed E-state index contributed by atoms with van der Waals surface area (Å²) in [4.78, 5) is 15.5. The van der Waals surface area contributed by atoms with Gasteiger partial charge in [0, 0.05) is 5.56 Å². The average Bonchev–Trinajstić information content (AvgIpc) is 2.81. The van der Waals surface area contributed by atoms with Crippen LogP contribution in [0.5, 0.6) is 5.75 Å². The second-order valence-electron chi connectivity index (χ2n) is 4.73. The fraction of sp³-hybridized carbons (Fsp3) is 0.267. The van der Waals surface area contributed by atoms with Gasteiger partial charge in [-0.3, -0.25) is 0 Å². The molecule has 0 atom stereocenters. The lowest BCUT2D eigenvalue weighted by Gasteiger charge is -2.11. The van der Waals surface area contributed by atoms with Crippen molar-refractivity contribution in [3.05, 3.63) is 34.3 Å². The zero-order valence-corrected chi connectivity index (χ0v) is 12.7. The molecule has 1 N–H and O–H groups in total. The Morgan fingerprint density at radius 3 is 2.71 bits per heavy atom. The molecule has 0 aliphatic heterocycles. The molecule has 0 fully saturated rings. The van der Waals surface area contributed by atoms with Crippen LogP contribution in [0, 0.1) is 18.3 Å². The number of benzene rings is 1. The number of hydrogen-bond acceptors (Lipinski definition) is 5. The van der Waals surface area contributed by atoms with E-state index in [2.05, 4.69) is 11.1 Å². The molecule has 1 aromatic heterocycles. The van der Waals surface area contributed by atoms with Gasteiger partial charge in [0.15, 0.2) is 0 Å². The summed E-state index contributed by atoms with van der Waals surface area (Å²) >= 11 is 1.10. The number of carboxylic acids is 1. The summed E-state index contributed by atoms with van der Waals surface area (Å²) in [5, 5.41) is 18.9. The first-order valence-electron chi connectivity index (χ1n) is 6.34. The second-order valence-corrected chi connectivity index (χ2v) is 5.73. The first-order valence-corrected chi connectivity index (χ1v) is 7.16. The van der Waals surface area contributed by atoms with Crippen LogP contribution >= 0.6 is 11.3 Å². The number of nitrogens with zero attached hydrogens (tertiary/aromatic N) is 2. The molecule has 1 aromatic carbocycles. The zero-order valence-electron chi connectivity index (χ0n) is 11.9. The minimum atomic E-state index is -0.989. The van der Waals surface area contributed by atoms with Crippen molar-refractivity contribution in [2.75, 3.05) is 0 Å². The fourth-order valence-electron chi connectivity index (χ4n) is 1.83. The number of nitriles is 1. The summed E-state index contributed by atoms with van der Waals surface area (Å²) in [5.74, 6) is -0.473. The summed E-state index contributed by atoms with van der Waals surface area (Å²) in [6.45, 7) is 5.43. The highest BCUT2D eigenvalue weighted by molar-refractivity contribution is 7.17. The van der Waals surface area contributed by atoms with Crippen molar-refractivity contribution in [1.29, 1.82) is 5.26 Å². The van der Waals surface area contributed by atoms with E-state index in [-0.39, 0.29) is 11.0 Å². The number of aromatic carboxylic acids is 1. The van der Waals surface area contributed by atoms with Gasteiger partial charge in [-0.05, 0) is 39.0 Å². The van der Waals surface area contributed by atoms with Crippen molar-refractivity contribution in [3.63, 3.8) is 0 Å². The third-order valence-electron chi connectivity index (χ3n) is 2.70. The second kappa shape index (κ2) is 5.94. The van der Waals surface area contributed by atoms with Crippen molar-refractivity contribution in [3.8, 4) is 22.4 Å². The predicted molar refractivity (Wildman–Crippen MR) is 79.7 cm³/mol. The number of aryl methyl sites for hydroxylation is 1. The van der Waals surface area contributed by atoms with Gasteiger partial charge in [0.05, 0.1) is 17.4 Å². The molecule has 2 rings (SSSR count). The maximum Gasteiger partial charge on any atom is 0.347 e. The molecule has 5 nitrogen and oxygen atoms in total. The number of carboxylic acid groups (broad SMARTS) is 1. The van der Waals surface area contributed by atoms with Gasteiger partial charge in [0.1, 0.15) is 21.7 Å². The van der Waals surface area contributed by atoms with Gasteiger partial charge in [-0.25, -0.2) is 9.78 Å². The third-order valence-corrected chi connectivity index (χ3v) is 3.89. The van der Waals surface area contributed by atoms with Crippen LogP contribution < -0.4 is 4.74 Å². The monoisotopic (exact) mass is 302 g/mol. The molecule has 0 amide bonds. The Hall–Kier alpha value is -2.39. The van der Waals surface area contributed by atoms with Crippen LogP contribution in [0.2, 0.25) is 0 Å². The molecule has 0 aliphatic rings. The van der Waals surface area contributed by atoms with Crippen molar-refractivity contribution >= 4 is 17.3 Å². The Balaban J connectivity index is 2.44. The molecule has 0 aliphatic carbocycles. The van der Waals surface area contributed by atoms with Crippen molar-refractivity contribution < 1.29 is 14.6 Å². The van der Waals surface area contributed by atoms with Crippen LogP contribution in [0.25, 0.3) is 10.6 Å². The minimum absolute atomic E-state index is 0.0244.